The quantitative estimate of drug-likeness (QED) is 0.765. The number of hydrogen-bond donors (Lipinski definition) is 1. The van der Waals surface area contributed by atoms with Crippen molar-refractivity contribution in [2.45, 2.75) is 26.8 Å². The van der Waals surface area contributed by atoms with Crippen LogP contribution in [0.15, 0.2) is 24.3 Å². The summed E-state index contributed by atoms with van der Waals surface area (Å²) in [7, 11) is 0. The minimum Gasteiger partial charge on any atom is -0.484 e. The zero-order chi connectivity index (χ0) is 13.4. The Kier molecular flexibility index (Phi) is 6.22. The number of nitrogens with two attached hydrogens (primary N) is 1. The van der Waals surface area contributed by atoms with E-state index in [1.165, 1.54) is 5.56 Å². The Labute approximate surface area is 109 Å². The van der Waals surface area contributed by atoms with Crippen LogP contribution in [-0.2, 0) is 11.3 Å². The van der Waals surface area contributed by atoms with Crippen molar-refractivity contribution in [2.75, 3.05) is 19.7 Å². The number of carbonyl (C=O) groups excluding carboxylic acids is 1. The van der Waals surface area contributed by atoms with E-state index in [0.717, 1.165) is 26.1 Å². The van der Waals surface area contributed by atoms with E-state index in [1.54, 1.807) is 0 Å². The third-order valence-corrected chi connectivity index (χ3v) is 2.67. The standard InChI is InChI=1S/C14H22N2O2/c1-3-8-16(4-2)10-12-6-5-7-13(9-12)18-11-14(15)17/h5-7,9H,3-4,8,10-11H2,1-2H3,(H2,15,17). The van der Waals surface area contributed by atoms with Crippen molar-refractivity contribution >= 4 is 5.91 Å². The average Bonchev–Trinajstić information content (AvgIpc) is 2.36. The predicted octanol–water partition coefficient (Wildman–Crippen LogP) is 1.78. The van der Waals surface area contributed by atoms with Gasteiger partial charge in [0.25, 0.3) is 5.91 Å². The summed E-state index contributed by atoms with van der Waals surface area (Å²) in [5.74, 6) is 0.237. The van der Waals surface area contributed by atoms with Gasteiger partial charge in [-0.1, -0.05) is 26.0 Å². The van der Waals surface area contributed by atoms with Crippen LogP contribution in [0.3, 0.4) is 0 Å². The lowest BCUT2D eigenvalue weighted by Crippen LogP contribution is -2.23. The highest BCUT2D eigenvalue weighted by Gasteiger charge is 2.04. The molecule has 100 valence electrons. The molecule has 0 bridgehead atoms. The number of hydrogen-bond acceptors (Lipinski definition) is 3. The van der Waals surface area contributed by atoms with Crippen LogP contribution in [-0.4, -0.2) is 30.5 Å². The van der Waals surface area contributed by atoms with Gasteiger partial charge in [0, 0.05) is 6.54 Å². The van der Waals surface area contributed by atoms with Gasteiger partial charge in [0.2, 0.25) is 0 Å². The minimum atomic E-state index is -0.457. The number of primary amides is 1. The van der Waals surface area contributed by atoms with Crippen molar-refractivity contribution in [3.05, 3.63) is 29.8 Å². The molecule has 1 aromatic carbocycles. The molecule has 0 aliphatic heterocycles. The molecule has 0 heterocycles. The molecule has 0 spiro atoms. The van der Waals surface area contributed by atoms with E-state index >= 15 is 0 Å². The van der Waals surface area contributed by atoms with E-state index in [2.05, 4.69) is 24.8 Å². The molecule has 4 heteroatoms. The fourth-order valence-corrected chi connectivity index (χ4v) is 1.81. The number of nitrogens with zero attached hydrogens (tertiary/aromatic N) is 1. The Morgan fingerprint density at radius 1 is 1.39 bits per heavy atom. The molecule has 1 aromatic rings. The molecule has 0 fully saturated rings. The second kappa shape index (κ2) is 7.71. The van der Waals surface area contributed by atoms with Crippen molar-refractivity contribution in [2.24, 2.45) is 5.73 Å². The molecule has 1 amide bonds. The van der Waals surface area contributed by atoms with E-state index < -0.39 is 5.91 Å². The van der Waals surface area contributed by atoms with Gasteiger partial charge in [0.05, 0.1) is 0 Å². The predicted molar refractivity (Wildman–Crippen MR) is 72.4 cm³/mol. The Morgan fingerprint density at radius 2 is 2.17 bits per heavy atom. The van der Waals surface area contributed by atoms with Crippen molar-refractivity contribution in [3.8, 4) is 5.75 Å². The van der Waals surface area contributed by atoms with Crippen LogP contribution in [0.2, 0.25) is 0 Å². The van der Waals surface area contributed by atoms with Crippen LogP contribution in [0.5, 0.6) is 5.75 Å². The third kappa shape index (κ3) is 5.19. The summed E-state index contributed by atoms with van der Waals surface area (Å²) in [6.07, 6.45) is 1.14. The van der Waals surface area contributed by atoms with Crippen molar-refractivity contribution in [1.29, 1.82) is 0 Å². The molecule has 0 unspecified atom stereocenters. The molecule has 18 heavy (non-hydrogen) atoms. The van der Waals surface area contributed by atoms with Crippen LogP contribution in [0.4, 0.5) is 0 Å². The molecule has 0 aliphatic rings. The first-order valence-corrected chi connectivity index (χ1v) is 6.38. The maximum atomic E-state index is 10.7. The first-order valence-electron chi connectivity index (χ1n) is 6.38. The zero-order valence-electron chi connectivity index (χ0n) is 11.2. The lowest BCUT2D eigenvalue weighted by atomic mass is 10.2. The summed E-state index contributed by atoms with van der Waals surface area (Å²) in [5, 5.41) is 0. The lowest BCUT2D eigenvalue weighted by Gasteiger charge is -2.19. The van der Waals surface area contributed by atoms with Gasteiger partial charge in [-0.2, -0.15) is 0 Å². The fraction of sp³-hybridized carbons (Fsp3) is 0.500. The molecule has 0 saturated heterocycles. The molecule has 0 aromatic heterocycles. The molecular weight excluding hydrogens is 228 g/mol. The lowest BCUT2D eigenvalue weighted by molar-refractivity contribution is -0.119. The average molecular weight is 250 g/mol. The number of benzene rings is 1. The Bertz CT molecular complexity index is 380. The highest BCUT2D eigenvalue weighted by Crippen LogP contribution is 2.15. The van der Waals surface area contributed by atoms with Gasteiger partial charge in [0.1, 0.15) is 5.75 Å². The van der Waals surface area contributed by atoms with E-state index in [-0.39, 0.29) is 6.61 Å². The summed E-state index contributed by atoms with van der Waals surface area (Å²) in [5.41, 5.74) is 6.24. The maximum Gasteiger partial charge on any atom is 0.255 e. The first-order chi connectivity index (χ1) is 8.65. The molecule has 4 nitrogen and oxygen atoms in total. The number of ether oxygens (including phenoxy) is 1. The zero-order valence-corrected chi connectivity index (χ0v) is 11.2. The molecule has 1 rings (SSSR count). The van der Waals surface area contributed by atoms with E-state index in [1.807, 2.05) is 18.2 Å². The van der Waals surface area contributed by atoms with Crippen LogP contribution in [0.25, 0.3) is 0 Å². The van der Waals surface area contributed by atoms with Crippen molar-refractivity contribution in [1.82, 2.24) is 4.90 Å². The van der Waals surface area contributed by atoms with E-state index in [9.17, 15) is 4.79 Å². The molecule has 0 saturated carbocycles. The SMILES string of the molecule is CCCN(CC)Cc1cccc(OCC(N)=O)c1. The van der Waals surface area contributed by atoms with Crippen LogP contribution >= 0.6 is 0 Å². The van der Waals surface area contributed by atoms with Gasteiger partial charge in [-0.3, -0.25) is 9.69 Å². The van der Waals surface area contributed by atoms with Crippen molar-refractivity contribution < 1.29 is 9.53 Å². The summed E-state index contributed by atoms with van der Waals surface area (Å²) >= 11 is 0. The number of carbonyl (C=O) groups is 1. The normalized spacial score (nSPS) is 10.6. The van der Waals surface area contributed by atoms with E-state index in [4.69, 9.17) is 10.5 Å². The molecule has 0 radical (unpaired) electrons. The van der Waals surface area contributed by atoms with Crippen LogP contribution in [0.1, 0.15) is 25.8 Å². The summed E-state index contributed by atoms with van der Waals surface area (Å²) in [4.78, 5) is 13.0. The maximum absolute atomic E-state index is 10.7. The highest BCUT2D eigenvalue weighted by molar-refractivity contribution is 5.75. The Balaban J connectivity index is 2.60. The molecular formula is C14H22N2O2. The van der Waals surface area contributed by atoms with Gasteiger partial charge in [-0.15, -0.1) is 0 Å². The summed E-state index contributed by atoms with van der Waals surface area (Å²) in [6.45, 7) is 7.27. The summed E-state index contributed by atoms with van der Waals surface area (Å²) in [6, 6.07) is 7.80. The second-order valence-corrected chi connectivity index (χ2v) is 4.27. The molecule has 0 atom stereocenters. The molecule has 2 N–H and O–H groups in total. The van der Waals surface area contributed by atoms with Gasteiger partial charge >= 0.3 is 0 Å². The number of amides is 1. The third-order valence-electron chi connectivity index (χ3n) is 2.67. The smallest absolute Gasteiger partial charge is 0.255 e. The monoisotopic (exact) mass is 250 g/mol. The van der Waals surface area contributed by atoms with Crippen LogP contribution in [0, 0.1) is 0 Å². The van der Waals surface area contributed by atoms with E-state index in [0.29, 0.717) is 5.75 Å². The topological polar surface area (TPSA) is 55.6 Å². The van der Waals surface area contributed by atoms with Gasteiger partial charge in [-0.05, 0) is 37.2 Å². The largest absolute Gasteiger partial charge is 0.484 e. The van der Waals surface area contributed by atoms with Gasteiger partial charge < -0.3 is 10.5 Å². The minimum absolute atomic E-state index is 0.0735. The summed E-state index contributed by atoms with van der Waals surface area (Å²) < 4.78 is 5.29. The second-order valence-electron chi connectivity index (χ2n) is 4.27. The Hall–Kier alpha value is -1.55. The van der Waals surface area contributed by atoms with Gasteiger partial charge in [0.15, 0.2) is 6.61 Å². The van der Waals surface area contributed by atoms with Gasteiger partial charge in [-0.25, -0.2) is 0 Å². The Morgan fingerprint density at radius 3 is 2.78 bits per heavy atom. The van der Waals surface area contributed by atoms with Crippen LogP contribution < -0.4 is 10.5 Å². The first kappa shape index (κ1) is 14.5. The highest BCUT2D eigenvalue weighted by atomic mass is 16.5. The molecule has 0 aliphatic carbocycles. The fourth-order valence-electron chi connectivity index (χ4n) is 1.81. The van der Waals surface area contributed by atoms with Crippen molar-refractivity contribution in [3.63, 3.8) is 0 Å². The number of rotatable bonds is 8.